The molecule has 0 fully saturated rings. The first-order chi connectivity index (χ1) is 10.7. The minimum absolute atomic E-state index is 0.0558. The molecule has 0 saturated carbocycles. The van der Waals surface area contributed by atoms with E-state index in [2.05, 4.69) is 10.3 Å². The number of nitrogens with zero attached hydrogens (tertiary/aromatic N) is 1. The Labute approximate surface area is 130 Å². The molecule has 2 aromatic rings. The highest BCUT2D eigenvalue weighted by atomic mass is 16.5. The molecule has 0 spiro atoms. The molecule has 0 saturated heterocycles. The molecule has 1 aromatic heterocycles. The van der Waals surface area contributed by atoms with Gasteiger partial charge in [0.25, 0.3) is 5.91 Å². The van der Waals surface area contributed by atoms with Gasteiger partial charge in [0.05, 0.1) is 13.2 Å². The lowest BCUT2D eigenvalue weighted by atomic mass is 9.98. The summed E-state index contributed by atoms with van der Waals surface area (Å²) in [5, 5.41) is 12.1. The van der Waals surface area contributed by atoms with E-state index in [9.17, 15) is 9.90 Å². The van der Waals surface area contributed by atoms with Crippen LogP contribution in [0.15, 0.2) is 42.6 Å². The Kier molecular flexibility index (Phi) is 5.49. The predicted octanol–water partition coefficient (Wildman–Crippen LogP) is 2.12. The summed E-state index contributed by atoms with van der Waals surface area (Å²) < 4.78 is 5.24. The Bertz CT molecular complexity index is 629. The Hall–Kier alpha value is -2.40. The van der Waals surface area contributed by atoms with E-state index in [1.807, 2.05) is 25.1 Å². The number of pyridine rings is 1. The van der Waals surface area contributed by atoms with Gasteiger partial charge >= 0.3 is 0 Å². The van der Waals surface area contributed by atoms with Gasteiger partial charge in [-0.2, -0.15) is 0 Å². The number of aliphatic hydroxyl groups excluding tert-OH is 1. The largest absolute Gasteiger partial charge is 0.497 e. The van der Waals surface area contributed by atoms with E-state index < -0.39 is 0 Å². The van der Waals surface area contributed by atoms with Crippen LogP contribution in [0.5, 0.6) is 5.75 Å². The molecular weight excluding hydrogens is 280 g/mol. The maximum atomic E-state index is 12.2. The first-order valence-corrected chi connectivity index (χ1v) is 7.15. The van der Waals surface area contributed by atoms with Gasteiger partial charge in [-0.05, 0) is 48.7 Å². The molecule has 2 rings (SSSR count). The summed E-state index contributed by atoms with van der Waals surface area (Å²) in [5.41, 5.74) is 2.29. The molecule has 0 radical (unpaired) electrons. The number of amides is 1. The van der Waals surface area contributed by atoms with Crippen LogP contribution in [0.25, 0.3) is 0 Å². The molecule has 0 unspecified atom stereocenters. The molecule has 22 heavy (non-hydrogen) atoms. The number of hydrogen-bond donors (Lipinski definition) is 2. The highest BCUT2D eigenvalue weighted by molar-refractivity contribution is 5.92. The minimum Gasteiger partial charge on any atom is -0.497 e. The molecule has 5 nitrogen and oxygen atoms in total. The molecule has 1 atom stereocenters. The van der Waals surface area contributed by atoms with E-state index in [1.54, 1.807) is 31.5 Å². The van der Waals surface area contributed by atoms with E-state index in [4.69, 9.17) is 4.74 Å². The molecule has 1 aromatic carbocycles. The molecular formula is C17H20N2O3. The van der Waals surface area contributed by atoms with Crippen molar-refractivity contribution in [3.8, 4) is 5.75 Å². The van der Waals surface area contributed by atoms with Crippen LogP contribution in [0.3, 0.4) is 0 Å². The first-order valence-electron chi connectivity index (χ1n) is 7.15. The fourth-order valence-electron chi connectivity index (χ4n) is 2.30. The van der Waals surface area contributed by atoms with Gasteiger partial charge in [-0.15, -0.1) is 0 Å². The Balaban J connectivity index is 2.20. The maximum absolute atomic E-state index is 12.2. The van der Waals surface area contributed by atoms with Crippen LogP contribution in [0.2, 0.25) is 0 Å². The fraction of sp³-hybridized carbons (Fsp3) is 0.294. The maximum Gasteiger partial charge on any atom is 0.270 e. The monoisotopic (exact) mass is 300 g/mol. The number of rotatable bonds is 6. The second kappa shape index (κ2) is 7.56. The molecule has 5 heteroatoms. The van der Waals surface area contributed by atoms with Crippen LogP contribution in [0, 0.1) is 0 Å². The molecule has 1 amide bonds. The minimum atomic E-state index is -0.231. The third-order valence-electron chi connectivity index (χ3n) is 3.45. The van der Waals surface area contributed by atoms with Crippen molar-refractivity contribution in [2.45, 2.75) is 19.4 Å². The van der Waals surface area contributed by atoms with Crippen molar-refractivity contribution in [1.82, 2.24) is 10.3 Å². The number of ether oxygens (including phenoxy) is 1. The van der Waals surface area contributed by atoms with Crippen molar-refractivity contribution in [2.24, 2.45) is 0 Å². The van der Waals surface area contributed by atoms with Gasteiger partial charge in [-0.25, -0.2) is 0 Å². The van der Waals surface area contributed by atoms with Gasteiger partial charge < -0.3 is 15.2 Å². The zero-order chi connectivity index (χ0) is 15.9. The summed E-state index contributed by atoms with van der Waals surface area (Å²) in [5.74, 6) is 0.487. The van der Waals surface area contributed by atoms with Gasteiger partial charge in [0.15, 0.2) is 0 Å². The normalized spacial score (nSPS) is 11.8. The third-order valence-corrected chi connectivity index (χ3v) is 3.45. The zero-order valence-corrected chi connectivity index (χ0v) is 12.7. The van der Waals surface area contributed by atoms with E-state index in [0.717, 1.165) is 16.9 Å². The highest BCUT2D eigenvalue weighted by Gasteiger charge is 2.16. The van der Waals surface area contributed by atoms with Gasteiger partial charge in [-0.3, -0.25) is 9.78 Å². The van der Waals surface area contributed by atoms with Gasteiger partial charge in [0.2, 0.25) is 0 Å². The predicted molar refractivity (Wildman–Crippen MR) is 83.9 cm³/mol. The summed E-state index contributed by atoms with van der Waals surface area (Å²) in [6, 6.07) is 10.6. The average molecular weight is 300 g/mol. The van der Waals surface area contributed by atoms with Crippen molar-refractivity contribution >= 4 is 5.91 Å². The SMILES string of the molecule is COc1ccc(CCO)c([C@H](C)NC(=O)c2ccccn2)c1. The lowest BCUT2D eigenvalue weighted by Gasteiger charge is -2.18. The second-order valence-electron chi connectivity index (χ2n) is 4.95. The highest BCUT2D eigenvalue weighted by Crippen LogP contribution is 2.24. The number of aromatic nitrogens is 1. The van der Waals surface area contributed by atoms with Crippen molar-refractivity contribution in [3.05, 3.63) is 59.4 Å². The molecule has 0 aliphatic carbocycles. The lowest BCUT2D eigenvalue weighted by molar-refractivity contribution is 0.0934. The molecule has 116 valence electrons. The summed E-state index contributed by atoms with van der Waals surface area (Å²) in [6.45, 7) is 1.96. The number of hydrogen-bond acceptors (Lipinski definition) is 4. The molecule has 1 heterocycles. The van der Waals surface area contributed by atoms with Crippen LogP contribution >= 0.6 is 0 Å². The number of carbonyl (C=O) groups is 1. The number of methoxy groups -OCH3 is 1. The molecule has 0 bridgehead atoms. The van der Waals surface area contributed by atoms with Crippen molar-refractivity contribution in [2.75, 3.05) is 13.7 Å². The summed E-state index contributed by atoms with van der Waals surface area (Å²) in [6.07, 6.45) is 2.12. The van der Waals surface area contributed by atoms with Crippen LogP contribution < -0.4 is 10.1 Å². The number of benzene rings is 1. The Morgan fingerprint density at radius 3 is 2.82 bits per heavy atom. The Morgan fingerprint density at radius 1 is 1.36 bits per heavy atom. The van der Waals surface area contributed by atoms with Crippen LogP contribution in [-0.2, 0) is 6.42 Å². The fourth-order valence-corrected chi connectivity index (χ4v) is 2.30. The van der Waals surface area contributed by atoms with E-state index in [1.165, 1.54) is 0 Å². The topological polar surface area (TPSA) is 71.5 Å². The molecule has 2 N–H and O–H groups in total. The summed E-state index contributed by atoms with van der Waals surface area (Å²) in [7, 11) is 1.60. The summed E-state index contributed by atoms with van der Waals surface area (Å²) in [4.78, 5) is 16.2. The van der Waals surface area contributed by atoms with Gasteiger partial charge in [0, 0.05) is 12.8 Å². The van der Waals surface area contributed by atoms with Crippen molar-refractivity contribution in [1.29, 1.82) is 0 Å². The number of carbonyl (C=O) groups excluding carboxylic acids is 1. The molecule has 0 aliphatic rings. The van der Waals surface area contributed by atoms with Crippen LogP contribution in [0.1, 0.15) is 34.6 Å². The van der Waals surface area contributed by atoms with Gasteiger partial charge in [-0.1, -0.05) is 12.1 Å². The van der Waals surface area contributed by atoms with Gasteiger partial charge in [0.1, 0.15) is 11.4 Å². The van der Waals surface area contributed by atoms with E-state index >= 15 is 0 Å². The lowest BCUT2D eigenvalue weighted by Crippen LogP contribution is -2.28. The van der Waals surface area contributed by atoms with Crippen LogP contribution in [0.4, 0.5) is 0 Å². The third kappa shape index (κ3) is 3.83. The number of nitrogens with one attached hydrogen (secondary N) is 1. The quantitative estimate of drug-likeness (QED) is 0.857. The standard InChI is InChI=1S/C17H20N2O3/c1-12(19-17(21)16-5-3-4-9-18-16)15-11-14(22-2)7-6-13(15)8-10-20/h3-7,9,11-12,20H,8,10H2,1-2H3,(H,19,21)/t12-/m0/s1. The zero-order valence-electron chi connectivity index (χ0n) is 12.7. The van der Waals surface area contributed by atoms with Crippen molar-refractivity contribution in [3.63, 3.8) is 0 Å². The van der Waals surface area contributed by atoms with E-state index in [0.29, 0.717) is 12.1 Å². The number of aliphatic hydroxyl groups is 1. The average Bonchev–Trinajstić information content (AvgIpc) is 2.56. The molecule has 0 aliphatic heterocycles. The van der Waals surface area contributed by atoms with E-state index in [-0.39, 0.29) is 18.6 Å². The Morgan fingerprint density at radius 2 is 2.18 bits per heavy atom. The van der Waals surface area contributed by atoms with Crippen molar-refractivity contribution < 1.29 is 14.6 Å². The summed E-state index contributed by atoms with van der Waals surface area (Å²) >= 11 is 0. The first kappa shape index (κ1) is 16.0. The smallest absolute Gasteiger partial charge is 0.270 e. The second-order valence-corrected chi connectivity index (χ2v) is 4.95. The van der Waals surface area contributed by atoms with Crippen LogP contribution in [-0.4, -0.2) is 29.7 Å².